The molecule has 0 aromatic heterocycles. The Labute approximate surface area is 144 Å². The van der Waals surface area contributed by atoms with E-state index in [1.165, 1.54) is 18.5 Å². The van der Waals surface area contributed by atoms with Crippen LogP contribution in [0.25, 0.3) is 0 Å². The molecule has 2 aliphatic rings. The fourth-order valence-corrected chi connectivity index (χ4v) is 3.47. The van der Waals surface area contributed by atoms with Gasteiger partial charge in [-0.2, -0.15) is 0 Å². The molecule has 0 bridgehead atoms. The summed E-state index contributed by atoms with van der Waals surface area (Å²) >= 11 is 0. The van der Waals surface area contributed by atoms with E-state index >= 15 is 0 Å². The first-order valence-corrected chi connectivity index (χ1v) is 8.99. The predicted molar refractivity (Wildman–Crippen MR) is 95.2 cm³/mol. The summed E-state index contributed by atoms with van der Waals surface area (Å²) in [6.45, 7) is 8.56. The van der Waals surface area contributed by atoms with Crippen molar-refractivity contribution in [1.82, 2.24) is 9.80 Å². The molecule has 2 heterocycles. The lowest BCUT2D eigenvalue weighted by Crippen LogP contribution is -2.51. The van der Waals surface area contributed by atoms with E-state index in [0.29, 0.717) is 26.2 Å². The summed E-state index contributed by atoms with van der Waals surface area (Å²) in [5.41, 5.74) is 1.94. The lowest BCUT2D eigenvalue weighted by atomic mass is 10.1. The molecule has 5 nitrogen and oxygen atoms in total. The van der Waals surface area contributed by atoms with Crippen LogP contribution in [-0.4, -0.2) is 60.9 Å². The number of piperazine rings is 1. The maximum atomic E-state index is 12.7. The molecule has 0 radical (unpaired) electrons. The van der Waals surface area contributed by atoms with Crippen LogP contribution < -0.4 is 4.90 Å². The molecule has 3 rings (SSSR count). The van der Waals surface area contributed by atoms with Crippen LogP contribution in [0, 0.1) is 5.92 Å². The Hall–Kier alpha value is -2.04. The van der Waals surface area contributed by atoms with Crippen molar-refractivity contribution >= 4 is 17.5 Å². The highest BCUT2D eigenvalue weighted by Gasteiger charge is 2.26. The van der Waals surface area contributed by atoms with Gasteiger partial charge in [0.25, 0.3) is 5.91 Å². The van der Waals surface area contributed by atoms with E-state index < -0.39 is 0 Å². The zero-order valence-corrected chi connectivity index (χ0v) is 14.7. The van der Waals surface area contributed by atoms with Gasteiger partial charge in [0.2, 0.25) is 5.91 Å². The predicted octanol–water partition coefficient (Wildman–Crippen LogP) is 2.23. The van der Waals surface area contributed by atoms with E-state index in [9.17, 15) is 9.59 Å². The van der Waals surface area contributed by atoms with Crippen molar-refractivity contribution in [2.75, 3.05) is 44.2 Å². The van der Waals surface area contributed by atoms with E-state index in [4.69, 9.17) is 0 Å². The third-order valence-electron chi connectivity index (χ3n) is 4.96. The molecule has 0 unspecified atom stereocenters. The number of carbonyl (C=O) groups excluding carboxylic acids is 2. The Bertz CT molecular complexity index is 583. The Morgan fingerprint density at radius 1 is 0.833 bits per heavy atom. The van der Waals surface area contributed by atoms with Crippen LogP contribution >= 0.6 is 0 Å². The van der Waals surface area contributed by atoms with Crippen LogP contribution in [0.1, 0.15) is 37.0 Å². The van der Waals surface area contributed by atoms with Gasteiger partial charge in [-0.15, -0.1) is 0 Å². The molecular formula is C19H27N3O2. The summed E-state index contributed by atoms with van der Waals surface area (Å²) in [7, 11) is 0. The third kappa shape index (κ3) is 3.55. The average Bonchev–Trinajstić information content (AvgIpc) is 3.15. The van der Waals surface area contributed by atoms with Crippen molar-refractivity contribution in [2.24, 2.45) is 5.92 Å². The van der Waals surface area contributed by atoms with Gasteiger partial charge in [0.15, 0.2) is 0 Å². The van der Waals surface area contributed by atoms with Crippen LogP contribution in [0.2, 0.25) is 0 Å². The van der Waals surface area contributed by atoms with E-state index in [-0.39, 0.29) is 17.7 Å². The van der Waals surface area contributed by atoms with Gasteiger partial charge in [0.05, 0.1) is 0 Å². The minimum atomic E-state index is 0.0189. The van der Waals surface area contributed by atoms with Crippen LogP contribution in [0.3, 0.4) is 0 Å². The molecule has 0 saturated carbocycles. The molecule has 0 N–H and O–H groups in total. The maximum absolute atomic E-state index is 12.7. The normalized spacial score (nSPS) is 18.4. The average molecular weight is 329 g/mol. The molecular weight excluding hydrogens is 302 g/mol. The highest BCUT2D eigenvalue weighted by molar-refractivity contribution is 5.94. The summed E-state index contributed by atoms with van der Waals surface area (Å²) in [6, 6.07) is 7.97. The zero-order valence-electron chi connectivity index (χ0n) is 14.7. The first kappa shape index (κ1) is 16.8. The maximum Gasteiger partial charge on any atom is 0.253 e. The minimum Gasteiger partial charge on any atom is -0.372 e. The second-order valence-electron chi connectivity index (χ2n) is 7.01. The van der Waals surface area contributed by atoms with Gasteiger partial charge >= 0.3 is 0 Å². The van der Waals surface area contributed by atoms with Crippen molar-refractivity contribution in [3.05, 3.63) is 29.8 Å². The number of hydrogen-bond acceptors (Lipinski definition) is 3. The Balaban J connectivity index is 1.58. The van der Waals surface area contributed by atoms with E-state index in [2.05, 4.69) is 17.0 Å². The molecule has 2 fully saturated rings. The van der Waals surface area contributed by atoms with Gasteiger partial charge in [-0.1, -0.05) is 13.8 Å². The summed E-state index contributed by atoms with van der Waals surface area (Å²) in [5, 5.41) is 0. The molecule has 2 amide bonds. The van der Waals surface area contributed by atoms with Crippen molar-refractivity contribution in [3.8, 4) is 0 Å². The molecule has 130 valence electrons. The monoisotopic (exact) mass is 329 g/mol. The van der Waals surface area contributed by atoms with Gasteiger partial charge in [-0.3, -0.25) is 9.59 Å². The molecule has 2 aliphatic heterocycles. The molecule has 0 aliphatic carbocycles. The Morgan fingerprint density at radius 2 is 1.38 bits per heavy atom. The van der Waals surface area contributed by atoms with Crippen molar-refractivity contribution in [3.63, 3.8) is 0 Å². The van der Waals surface area contributed by atoms with Gasteiger partial charge in [-0.05, 0) is 37.1 Å². The Kier molecular flexibility index (Phi) is 5.07. The standard InChI is InChI=1S/C19H27N3O2/c1-15(2)18(23)21-11-13-22(14-12-21)19(24)16-5-7-17(8-6-16)20-9-3-4-10-20/h5-8,15H,3-4,9-14H2,1-2H3. The Morgan fingerprint density at radius 3 is 1.92 bits per heavy atom. The first-order chi connectivity index (χ1) is 11.6. The number of anilines is 1. The number of carbonyl (C=O) groups is 2. The van der Waals surface area contributed by atoms with E-state index in [1.54, 1.807) is 0 Å². The number of hydrogen-bond donors (Lipinski definition) is 0. The summed E-state index contributed by atoms with van der Waals surface area (Å²) < 4.78 is 0. The highest BCUT2D eigenvalue weighted by Crippen LogP contribution is 2.21. The largest absolute Gasteiger partial charge is 0.372 e. The molecule has 1 aromatic rings. The van der Waals surface area contributed by atoms with Crippen molar-refractivity contribution < 1.29 is 9.59 Å². The lowest BCUT2D eigenvalue weighted by Gasteiger charge is -2.35. The fraction of sp³-hybridized carbons (Fsp3) is 0.579. The van der Waals surface area contributed by atoms with Gasteiger partial charge in [-0.25, -0.2) is 0 Å². The van der Waals surface area contributed by atoms with E-state index in [1.807, 2.05) is 35.8 Å². The fourth-order valence-electron chi connectivity index (χ4n) is 3.47. The quantitative estimate of drug-likeness (QED) is 0.854. The molecule has 0 atom stereocenters. The smallest absolute Gasteiger partial charge is 0.253 e. The SMILES string of the molecule is CC(C)C(=O)N1CCN(C(=O)c2ccc(N3CCCC3)cc2)CC1. The second kappa shape index (κ2) is 7.24. The van der Waals surface area contributed by atoms with Crippen LogP contribution in [0.5, 0.6) is 0 Å². The second-order valence-corrected chi connectivity index (χ2v) is 7.01. The van der Waals surface area contributed by atoms with Crippen molar-refractivity contribution in [2.45, 2.75) is 26.7 Å². The van der Waals surface area contributed by atoms with Crippen LogP contribution in [-0.2, 0) is 4.79 Å². The molecule has 2 saturated heterocycles. The topological polar surface area (TPSA) is 43.9 Å². The molecule has 5 heteroatoms. The van der Waals surface area contributed by atoms with Gasteiger partial charge in [0, 0.05) is 56.4 Å². The van der Waals surface area contributed by atoms with Crippen LogP contribution in [0.4, 0.5) is 5.69 Å². The minimum absolute atomic E-state index is 0.0189. The number of benzene rings is 1. The lowest BCUT2D eigenvalue weighted by molar-refractivity contribution is -0.135. The van der Waals surface area contributed by atoms with E-state index in [0.717, 1.165) is 18.7 Å². The van der Waals surface area contributed by atoms with Gasteiger partial charge in [0.1, 0.15) is 0 Å². The number of nitrogens with zero attached hydrogens (tertiary/aromatic N) is 3. The third-order valence-corrected chi connectivity index (χ3v) is 4.96. The molecule has 1 aromatic carbocycles. The molecule has 24 heavy (non-hydrogen) atoms. The number of rotatable bonds is 3. The van der Waals surface area contributed by atoms with Crippen molar-refractivity contribution in [1.29, 1.82) is 0 Å². The summed E-state index contributed by atoms with van der Waals surface area (Å²) in [6.07, 6.45) is 2.50. The van der Waals surface area contributed by atoms with Gasteiger partial charge < -0.3 is 14.7 Å². The zero-order chi connectivity index (χ0) is 17.1. The molecule has 0 spiro atoms. The van der Waals surface area contributed by atoms with Crippen LogP contribution in [0.15, 0.2) is 24.3 Å². The summed E-state index contributed by atoms with van der Waals surface area (Å²) in [4.78, 5) is 30.8. The first-order valence-electron chi connectivity index (χ1n) is 8.99. The number of amides is 2. The summed E-state index contributed by atoms with van der Waals surface area (Å²) in [5.74, 6) is 0.266. The highest BCUT2D eigenvalue weighted by atomic mass is 16.2.